The van der Waals surface area contributed by atoms with Crippen LogP contribution in [-0.2, 0) is 30.7 Å². The van der Waals surface area contributed by atoms with Crippen molar-refractivity contribution >= 4 is 16.0 Å². The van der Waals surface area contributed by atoms with Gasteiger partial charge in [0, 0.05) is 13.7 Å². The van der Waals surface area contributed by atoms with Gasteiger partial charge >= 0.3 is 5.97 Å². The van der Waals surface area contributed by atoms with Gasteiger partial charge in [0.2, 0.25) is 10.0 Å². The molecule has 0 aliphatic rings. The van der Waals surface area contributed by atoms with E-state index in [4.69, 9.17) is 4.74 Å². The Morgan fingerprint density at radius 2 is 1.76 bits per heavy atom. The van der Waals surface area contributed by atoms with E-state index < -0.39 is 15.6 Å². The predicted octanol–water partition coefficient (Wildman–Crippen LogP) is 1.11. The van der Waals surface area contributed by atoms with Crippen LogP contribution in [0.1, 0.15) is 19.4 Å². The summed E-state index contributed by atoms with van der Waals surface area (Å²) in [6.45, 7) is 3.74. The molecular formula is C14H21NO5S. The van der Waals surface area contributed by atoms with E-state index in [-0.39, 0.29) is 23.8 Å². The van der Waals surface area contributed by atoms with Crippen LogP contribution in [-0.4, -0.2) is 40.8 Å². The van der Waals surface area contributed by atoms with Crippen LogP contribution in [0.4, 0.5) is 0 Å². The summed E-state index contributed by atoms with van der Waals surface area (Å²) in [6.07, 6.45) is 0.112. The van der Waals surface area contributed by atoms with E-state index in [9.17, 15) is 13.2 Å². The molecule has 0 bridgehead atoms. The quantitative estimate of drug-likeness (QED) is 0.762. The van der Waals surface area contributed by atoms with Crippen LogP contribution in [0.25, 0.3) is 0 Å². The van der Waals surface area contributed by atoms with Gasteiger partial charge in [-0.1, -0.05) is 12.1 Å². The van der Waals surface area contributed by atoms with Crippen LogP contribution < -0.4 is 4.72 Å². The number of esters is 1. The third kappa shape index (κ3) is 5.45. The molecule has 0 aromatic heterocycles. The Balaban J connectivity index is 2.78. The summed E-state index contributed by atoms with van der Waals surface area (Å²) in [6, 6.07) is 6.10. The van der Waals surface area contributed by atoms with E-state index in [0.717, 1.165) is 0 Å². The molecule has 6 nitrogen and oxygen atoms in total. The summed E-state index contributed by atoms with van der Waals surface area (Å²) in [7, 11) is -0.769. The van der Waals surface area contributed by atoms with Crippen LogP contribution in [0.2, 0.25) is 0 Å². The van der Waals surface area contributed by atoms with E-state index in [2.05, 4.69) is 9.46 Å². The van der Waals surface area contributed by atoms with Gasteiger partial charge in [0.1, 0.15) is 0 Å². The lowest BCUT2D eigenvalue weighted by atomic mass is 10.1. The van der Waals surface area contributed by atoms with E-state index in [1.807, 2.05) is 0 Å². The second kappa shape index (κ2) is 7.02. The molecule has 1 aromatic rings. The molecule has 0 aliphatic heterocycles. The maximum absolute atomic E-state index is 12.1. The van der Waals surface area contributed by atoms with Crippen LogP contribution in [0.5, 0.6) is 0 Å². The number of carbonyl (C=O) groups is 1. The van der Waals surface area contributed by atoms with Gasteiger partial charge < -0.3 is 9.47 Å². The maximum Gasteiger partial charge on any atom is 0.309 e. The fraction of sp³-hybridized carbons (Fsp3) is 0.500. The Bertz CT molecular complexity index is 578. The molecule has 0 aliphatic carbocycles. The highest BCUT2D eigenvalue weighted by Crippen LogP contribution is 2.13. The van der Waals surface area contributed by atoms with Crippen molar-refractivity contribution in [2.24, 2.45) is 0 Å². The number of carbonyl (C=O) groups excluding carboxylic acids is 1. The summed E-state index contributed by atoms with van der Waals surface area (Å²) < 4.78 is 36.5. The minimum atomic E-state index is -3.60. The highest BCUT2D eigenvalue weighted by molar-refractivity contribution is 7.89. The number of rotatable bonds is 7. The lowest BCUT2D eigenvalue weighted by molar-refractivity contribution is -0.139. The number of sulfonamides is 1. The number of benzene rings is 1. The third-order valence-corrected chi connectivity index (χ3v) is 4.47. The molecule has 7 heteroatoms. The van der Waals surface area contributed by atoms with Crippen LogP contribution in [0.15, 0.2) is 29.2 Å². The zero-order chi connectivity index (χ0) is 16.1. The normalized spacial score (nSPS) is 12.2. The van der Waals surface area contributed by atoms with Gasteiger partial charge in [-0.2, -0.15) is 0 Å². The first-order chi connectivity index (χ1) is 9.70. The minimum Gasteiger partial charge on any atom is -0.469 e. The van der Waals surface area contributed by atoms with Crippen molar-refractivity contribution in [2.45, 2.75) is 30.8 Å². The molecule has 0 saturated heterocycles. The fourth-order valence-electron chi connectivity index (χ4n) is 1.45. The molecule has 1 aromatic carbocycles. The molecule has 0 unspecified atom stereocenters. The van der Waals surface area contributed by atoms with Crippen LogP contribution in [0, 0.1) is 0 Å². The van der Waals surface area contributed by atoms with Crippen molar-refractivity contribution in [3.05, 3.63) is 29.8 Å². The molecule has 21 heavy (non-hydrogen) atoms. The Morgan fingerprint density at radius 3 is 2.24 bits per heavy atom. The first-order valence-electron chi connectivity index (χ1n) is 6.41. The Morgan fingerprint density at radius 1 is 1.19 bits per heavy atom. The predicted molar refractivity (Wildman–Crippen MR) is 78.4 cm³/mol. The summed E-state index contributed by atoms with van der Waals surface area (Å²) >= 11 is 0. The second-order valence-corrected chi connectivity index (χ2v) is 6.95. The average molecular weight is 315 g/mol. The van der Waals surface area contributed by atoms with Gasteiger partial charge in [0.15, 0.2) is 0 Å². The topological polar surface area (TPSA) is 81.7 Å². The molecule has 1 rings (SSSR count). The molecule has 0 spiro atoms. The van der Waals surface area contributed by atoms with E-state index in [1.54, 1.807) is 26.0 Å². The van der Waals surface area contributed by atoms with Crippen molar-refractivity contribution in [3.63, 3.8) is 0 Å². The molecule has 0 amide bonds. The van der Waals surface area contributed by atoms with Crippen molar-refractivity contribution < 1.29 is 22.7 Å². The molecule has 0 heterocycles. The Hall–Kier alpha value is -1.44. The van der Waals surface area contributed by atoms with Gasteiger partial charge in [-0.05, 0) is 31.5 Å². The second-order valence-electron chi connectivity index (χ2n) is 5.19. The van der Waals surface area contributed by atoms with Gasteiger partial charge in [-0.25, -0.2) is 13.1 Å². The highest BCUT2D eigenvalue weighted by atomic mass is 32.2. The molecular weight excluding hydrogens is 294 g/mol. The molecule has 118 valence electrons. The van der Waals surface area contributed by atoms with Crippen LogP contribution in [0.3, 0.4) is 0 Å². The van der Waals surface area contributed by atoms with E-state index >= 15 is 0 Å². The van der Waals surface area contributed by atoms with Crippen molar-refractivity contribution in [1.29, 1.82) is 0 Å². The van der Waals surface area contributed by atoms with Crippen molar-refractivity contribution in [1.82, 2.24) is 4.72 Å². The summed E-state index contributed by atoms with van der Waals surface area (Å²) in [5, 5.41) is 0. The first kappa shape index (κ1) is 17.6. The number of ether oxygens (including phenoxy) is 2. The Labute approximate surface area is 125 Å². The van der Waals surface area contributed by atoms with Gasteiger partial charge in [-0.15, -0.1) is 0 Å². The summed E-state index contributed by atoms with van der Waals surface area (Å²) in [5.41, 5.74) is 0.107. The highest BCUT2D eigenvalue weighted by Gasteiger charge is 2.21. The van der Waals surface area contributed by atoms with Crippen molar-refractivity contribution in [2.75, 3.05) is 20.8 Å². The number of nitrogens with one attached hydrogen (secondary N) is 1. The van der Waals surface area contributed by atoms with Gasteiger partial charge in [0.05, 0.1) is 24.0 Å². The maximum atomic E-state index is 12.1. The largest absolute Gasteiger partial charge is 0.469 e. The third-order valence-electron chi connectivity index (χ3n) is 3.05. The smallest absolute Gasteiger partial charge is 0.309 e. The Kier molecular flexibility index (Phi) is 5.88. The molecule has 0 saturated carbocycles. The monoisotopic (exact) mass is 315 g/mol. The summed E-state index contributed by atoms with van der Waals surface area (Å²) in [5.74, 6) is -0.370. The zero-order valence-corrected chi connectivity index (χ0v) is 13.5. The number of methoxy groups -OCH3 is 2. The minimum absolute atomic E-state index is 0.112. The van der Waals surface area contributed by atoms with E-state index in [1.165, 1.54) is 26.4 Å². The standard InChI is InChI=1S/C14H21NO5S/c1-14(2,20-4)10-15-21(17,18)12-7-5-11(6-8-12)9-13(16)19-3/h5-8,15H,9-10H2,1-4H3. The first-order valence-corrected chi connectivity index (χ1v) is 7.89. The summed E-state index contributed by atoms with van der Waals surface area (Å²) in [4.78, 5) is 11.3. The molecule has 0 fully saturated rings. The lowest BCUT2D eigenvalue weighted by Gasteiger charge is -2.23. The number of hydrogen-bond acceptors (Lipinski definition) is 5. The average Bonchev–Trinajstić information content (AvgIpc) is 2.46. The zero-order valence-electron chi connectivity index (χ0n) is 12.7. The van der Waals surface area contributed by atoms with Gasteiger partial charge in [0.25, 0.3) is 0 Å². The number of hydrogen-bond donors (Lipinski definition) is 1. The SMILES string of the molecule is COC(=O)Cc1ccc(S(=O)(=O)NCC(C)(C)OC)cc1. The van der Waals surface area contributed by atoms with Crippen LogP contribution >= 0.6 is 0 Å². The molecule has 0 radical (unpaired) electrons. The lowest BCUT2D eigenvalue weighted by Crippen LogP contribution is -2.39. The van der Waals surface area contributed by atoms with Gasteiger partial charge in [-0.3, -0.25) is 4.79 Å². The van der Waals surface area contributed by atoms with Crippen molar-refractivity contribution in [3.8, 4) is 0 Å². The molecule has 0 atom stereocenters. The fourth-order valence-corrected chi connectivity index (χ4v) is 2.65. The van der Waals surface area contributed by atoms with E-state index in [0.29, 0.717) is 5.56 Å². The molecule has 1 N–H and O–H groups in total.